The number of hydrogen-bond acceptors (Lipinski definition) is 3. The van der Waals surface area contributed by atoms with Crippen molar-refractivity contribution in [3.05, 3.63) is 104 Å². The third-order valence-corrected chi connectivity index (χ3v) is 5.69. The van der Waals surface area contributed by atoms with Crippen LogP contribution in [0.15, 0.2) is 71.7 Å². The molecule has 31 heavy (non-hydrogen) atoms. The first-order valence-corrected chi connectivity index (χ1v) is 10.9. The van der Waals surface area contributed by atoms with Crippen LogP contribution < -0.4 is 10.9 Å². The van der Waals surface area contributed by atoms with Crippen molar-refractivity contribution in [1.82, 2.24) is 14.8 Å². The number of benzene rings is 2. The summed E-state index contributed by atoms with van der Waals surface area (Å²) >= 11 is 6.20. The van der Waals surface area contributed by atoms with Crippen LogP contribution in [-0.4, -0.2) is 28.5 Å². The first-order valence-electron chi connectivity index (χ1n) is 10.5. The van der Waals surface area contributed by atoms with Gasteiger partial charge in [0.1, 0.15) is 0 Å². The molecule has 0 radical (unpaired) electrons. The standard InChI is InChI=1S/C25H28ClN3O2/c1-3-28(4-2)16-20-11-9-19(10-12-20)15-27-25(31)22-13-14-24(30)29(18-22)17-21-7-5-6-8-23(21)26/h5-14,18H,3-4,15-17H2,1-2H3,(H,27,31). The van der Waals surface area contributed by atoms with E-state index in [4.69, 9.17) is 11.6 Å². The molecule has 0 atom stereocenters. The summed E-state index contributed by atoms with van der Waals surface area (Å²) in [5.41, 5.74) is 3.37. The zero-order valence-electron chi connectivity index (χ0n) is 18.0. The van der Waals surface area contributed by atoms with Gasteiger partial charge < -0.3 is 9.88 Å². The Labute approximate surface area is 188 Å². The molecule has 0 aliphatic carbocycles. The predicted octanol–water partition coefficient (Wildman–Crippen LogP) is 4.32. The maximum absolute atomic E-state index is 12.6. The average molecular weight is 438 g/mol. The fourth-order valence-corrected chi connectivity index (χ4v) is 3.55. The molecule has 5 nitrogen and oxygen atoms in total. The number of halogens is 1. The summed E-state index contributed by atoms with van der Waals surface area (Å²) in [6.45, 7) is 8.02. The topological polar surface area (TPSA) is 54.3 Å². The molecule has 2 aromatic carbocycles. The van der Waals surface area contributed by atoms with Gasteiger partial charge in [0.2, 0.25) is 0 Å². The van der Waals surface area contributed by atoms with Gasteiger partial charge in [-0.15, -0.1) is 0 Å². The van der Waals surface area contributed by atoms with Gasteiger partial charge in [-0.1, -0.05) is 67.9 Å². The molecular weight excluding hydrogens is 410 g/mol. The van der Waals surface area contributed by atoms with Crippen LogP contribution >= 0.6 is 11.6 Å². The van der Waals surface area contributed by atoms with Gasteiger partial charge in [0, 0.05) is 30.4 Å². The quantitative estimate of drug-likeness (QED) is 0.542. The van der Waals surface area contributed by atoms with E-state index in [1.807, 2.05) is 30.3 Å². The minimum atomic E-state index is -0.222. The predicted molar refractivity (Wildman–Crippen MR) is 125 cm³/mol. The van der Waals surface area contributed by atoms with Crippen molar-refractivity contribution in [2.75, 3.05) is 13.1 Å². The summed E-state index contributed by atoms with van der Waals surface area (Å²) in [5.74, 6) is -0.222. The van der Waals surface area contributed by atoms with Gasteiger partial charge in [0.25, 0.3) is 11.5 Å². The minimum absolute atomic E-state index is 0.180. The summed E-state index contributed by atoms with van der Waals surface area (Å²) in [6.07, 6.45) is 1.58. The highest BCUT2D eigenvalue weighted by atomic mass is 35.5. The maximum Gasteiger partial charge on any atom is 0.253 e. The van der Waals surface area contributed by atoms with Crippen molar-refractivity contribution in [1.29, 1.82) is 0 Å². The van der Waals surface area contributed by atoms with Crippen molar-refractivity contribution >= 4 is 17.5 Å². The Kier molecular flexibility index (Phi) is 8.04. The Morgan fingerprint density at radius 3 is 2.32 bits per heavy atom. The number of amides is 1. The van der Waals surface area contributed by atoms with Crippen molar-refractivity contribution < 1.29 is 4.79 Å². The molecule has 0 saturated heterocycles. The van der Waals surface area contributed by atoms with E-state index in [2.05, 4.69) is 36.2 Å². The monoisotopic (exact) mass is 437 g/mol. The summed E-state index contributed by atoms with van der Waals surface area (Å²) in [4.78, 5) is 27.2. The summed E-state index contributed by atoms with van der Waals surface area (Å²) in [5, 5.41) is 3.52. The lowest BCUT2D eigenvalue weighted by Gasteiger charge is -2.18. The largest absolute Gasteiger partial charge is 0.348 e. The summed E-state index contributed by atoms with van der Waals surface area (Å²) < 4.78 is 1.50. The van der Waals surface area contributed by atoms with Crippen molar-refractivity contribution in [3.63, 3.8) is 0 Å². The fraction of sp³-hybridized carbons (Fsp3) is 0.280. The van der Waals surface area contributed by atoms with Gasteiger partial charge in [0.05, 0.1) is 12.1 Å². The number of nitrogens with zero attached hydrogens (tertiary/aromatic N) is 2. The van der Waals surface area contributed by atoms with E-state index < -0.39 is 0 Å². The molecular formula is C25H28ClN3O2. The highest BCUT2D eigenvalue weighted by Crippen LogP contribution is 2.15. The van der Waals surface area contributed by atoms with E-state index in [1.54, 1.807) is 18.3 Å². The first-order chi connectivity index (χ1) is 15.0. The molecule has 0 saturated carbocycles. The van der Waals surface area contributed by atoms with E-state index in [0.29, 0.717) is 23.7 Å². The smallest absolute Gasteiger partial charge is 0.253 e. The summed E-state index contributed by atoms with van der Waals surface area (Å²) in [7, 11) is 0. The molecule has 6 heteroatoms. The Morgan fingerprint density at radius 1 is 0.968 bits per heavy atom. The summed E-state index contributed by atoms with van der Waals surface area (Å²) in [6, 6.07) is 18.6. The average Bonchev–Trinajstić information content (AvgIpc) is 2.79. The van der Waals surface area contributed by atoms with Crippen LogP contribution in [0, 0.1) is 0 Å². The number of hydrogen-bond donors (Lipinski definition) is 1. The Morgan fingerprint density at radius 2 is 1.65 bits per heavy atom. The van der Waals surface area contributed by atoms with E-state index >= 15 is 0 Å². The lowest BCUT2D eigenvalue weighted by Crippen LogP contribution is -2.26. The molecule has 1 amide bonds. The second-order valence-corrected chi connectivity index (χ2v) is 7.84. The van der Waals surface area contributed by atoms with Crippen LogP contribution in [0.1, 0.15) is 40.9 Å². The van der Waals surface area contributed by atoms with Gasteiger partial charge >= 0.3 is 0 Å². The number of pyridine rings is 1. The number of carbonyl (C=O) groups excluding carboxylic acids is 1. The molecule has 0 spiro atoms. The molecule has 3 rings (SSSR count). The number of aromatic nitrogens is 1. The molecule has 0 bridgehead atoms. The van der Waals surface area contributed by atoms with Crippen molar-refractivity contribution in [3.8, 4) is 0 Å². The molecule has 0 aliphatic heterocycles. The second-order valence-electron chi connectivity index (χ2n) is 7.44. The highest BCUT2D eigenvalue weighted by Gasteiger charge is 2.09. The molecule has 162 valence electrons. The molecule has 1 heterocycles. The highest BCUT2D eigenvalue weighted by molar-refractivity contribution is 6.31. The van der Waals surface area contributed by atoms with Crippen LogP contribution in [-0.2, 0) is 19.6 Å². The molecule has 1 aromatic heterocycles. The molecule has 0 aliphatic rings. The van der Waals surface area contributed by atoms with Crippen LogP contribution in [0.5, 0.6) is 0 Å². The van der Waals surface area contributed by atoms with Gasteiger partial charge in [0.15, 0.2) is 0 Å². The van der Waals surface area contributed by atoms with Gasteiger partial charge in [-0.05, 0) is 41.9 Å². The van der Waals surface area contributed by atoms with E-state index in [1.165, 1.54) is 16.2 Å². The number of rotatable bonds is 9. The normalized spacial score (nSPS) is 11.0. The van der Waals surface area contributed by atoms with Gasteiger partial charge in [-0.2, -0.15) is 0 Å². The van der Waals surface area contributed by atoms with Crippen LogP contribution in [0.2, 0.25) is 5.02 Å². The minimum Gasteiger partial charge on any atom is -0.348 e. The van der Waals surface area contributed by atoms with Crippen LogP contribution in [0.4, 0.5) is 0 Å². The SMILES string of the molecule is CCN(CC)Cc1ccc(CNC(=O)c2ccc(=O)n(Cc3ccccc3Cl)c2)cc1. The van der Waals surface area contributed by atoms with E-state index in [0.717, 1.165) is 30.8 Å². The van der Waals surface area contributed by atoms with Crippen LogP contribution in [0.25, 0.3) is 0 Å². The molecule has 1 N–H and O–H groups in total. The molecule has 0 unspecified atom stereocenters. The first kappa shape index (κ1) is 22.8. The van der Waals surface area contributed by atoms with Crippen LogP contribution in [0.3, 0.4) is 0 Å². The Hall–Kier alpha value is -2.89. The van der Waals surface area contributed by atoms with Crippen molar-refractivity contribution in [2.24, 2.45) is 0 Å². The second kappa shape index (κ2) is 10.9. The molecule has 3 aromatic rings. The molecule has 0 fully saturated rings. The lowest BCUT2D eigenvalue weighted by atomic mass is 10.1. The van der Waals surface area contributed by atoms with Gasteiger partial charge in [-0.25, -0.2) is 0 Å². The van der Waals surface area contributed by atoms with E-state index in [-0.39, 0.29) is 11.5 Å². The lowest BCUT2D eigenvalue weighted by molar-refractivity contribution is 0.0950. The zero-order chi connectivity index (χ0) is 22.2. The third-order valence-electron chi connectivity index (χ3n) is 5.32. The fourth-order valence-electron chi connectivity index (χ4n) is 3.35. The zero-order valence-corrected chi connectivity index (χ0v) is 18.7. The number of nitrogens with one attached hydrogen (secondary N) is 1. The van der Waals surface area contributed by atoms with E-state index in [9.17, 15) is 9.59 Å². The van der Waals surface area contributed by atoms with Crippen molar-refractivity contribution in [2.45, 2.75) is 33.5 Å². The Balaban J connectivity index is 1.63. The third kappa shape index (κ3) is 6.29. The number of carbonyl (C=O) groups is 1. The maximum atomic E-state index is 12.6. The van der Waals surface area contributed by atoms with Gasteiger partial charge in [-0.3, -0.25) is 14.5 Å². The Bertz CT molecular complexity index is 1070.